The Morgan fingerprint density at radius 2 is 1.85 bits per heavy atom. The number of hydrogen-bond donors (Lipinski definition) is 7. The Balaban J connectivity index is 1.11. The standard InChI is InChI=1S/C20H22N10O12P2S2/c21-18-25-12-7(14(32)27-18)23-3-29(12)16-9(31)10-5(39-16)1-37-44(36,46)42-11-6(2-38-43(35,45)41-10)40-17-20(11,34)30(17)4-24-8-13(30)26-19(22)28-15(8)33/h3-6,9-11,16-17,31,34H,1-2H2,(H7-,21,22,25,26,27,28,32,33,35,36,45,46)/t5-,6-,9?,10?,11?,16-,17-,20?,30?,43?,44?/m1/s1. The first-order chi connectivity index (χ1) is 21.6. The minimum Gasteiger partial charge on any atom is -0.780 e. The van der Waals surface area contributed by atoms with E-state index in [1.807, 2.05) is 0 Å². The number of aliphatic hydroxyl groups is 2. The van der Waals surface area contributed by atoms with Crippen LogP contribution in [0, 0.1) is 0 Å². The zero-order valence-corrected chi connectivity index (χ0v) is 26.2. The molecule has 7 unspecified atom stereocenters. The Morgan fingerprint density at radius 1 is 1.13 bits per heavy atom. The molecule has 1 spiro atoms. The first kappa shape index (κ1) is 30.7. The topological polar surface area (TPSA) is 310 Å². The van der Waals surface area contributed by atoms with Gasteiger partial charge in [0, 0.05) is 0 Å². The third-order valence-electron chi connectivity index (χ3n) is 8.26. The molecule has 0 saturated carbocycles. The number of nitrogens with one attached hydrogen (secondary N) is 2. The zero-order valence-electron chi connectivity index (χ0n) is 22.7. The third-order valence-corrected chi connectivity index (χ3v) is 11.4. The lowest BCUT2D eigenvalue weighted by Crippen LogP contribution is -2.52. The summed E-state index contributed by atoms with van der Waals surface area (Å²) >= 11 is 9.19. The second-order valence-electron chi connectivity index (χ2n) is 10.9. The lowest BCUT2D eigenvalue weighted by atomic mass is 10.1. The molecule has 4 fully saturated rings. The van der Waals surface area contributed by atoms with Crippen LogP contribution in [0.25, 0.3) is 11.2 Å². The van der Waals surface area contributed by atoms with Crippen molar-refractivity contribution in [2.75, 3.05) is 24.7 Å². The van der Waals surface area contributed by atoms with E-state index in [1.54, 1.807) is 0 Å². The van der Waals surface area contributed by atoms with Crippen molar-refractivity contribution in [3.8, 4) is 0 Å². The van der Waals surface area contributed by atoms with Crippen LogP contribution in [0.2, 0.25) is 0 Å². The summed E-state index contributed by atoms with van der Waals surface area (Å²) in [4.78, 5) is 59.1. The largest absolute Gasteiger partial charge is 0.780 e. The van der Waals surface area contributed by atoms with Crippen LogP contribution in [0.5, 0.6) is 0 Å². The summed E-state index contributed by atoms with van der Waals surface area (Å²) < 4.78 is 48.1. The predicted octanol–water partition coefficient (Wildman–Crippen LogP) is -2.83. The first-order valence-electron chi connectivity index (χ1n) is 13.2. The number of nitrogen functional groups attached to an aromatic ring is 2. The van der Waals surface area contributed by atoms with E-state index in [9.17, 15) is 29.3 Å². The van der Waals surface area contributed by atoms with Gasteiger partial charge in [0.05, 0.1) is 19.5 Å². The van der Waals surface area contributed by atoms with Crippen molar-refractivity contribution in [2.45, 2.75) is 48.7 Å². The molecule has 0 radical (unpaired) electrons. The van der Waals surface area contributed by atoms with Gasteiger partial charge in [-0.3, -0.25) is 33.2 Å². The number of rotatable bonds is 1. The molecule has 0 aliphatic carbocycles. The quantitative estimate of drug-likeness (QED) is 0.0577. The van der Waals surface area contributed by atoms with Gasteiger partial charge in [0.1, 0.15) is 31.1 Å². The SMILES string of the molecule is Nc1nc2c(c(=O)[nH]1)N=C[N+]21[C@@H]2O[C@@H]3COP(=O)(S)OC4C(O)[C@H](n5cnc6c(=O)[nH]c(N)nc65)O[C@@H]4COP([O-])(=S)OC3C21O. The number of nitrogens with zero attached hydrogens (tertiary/aromatic N) is 6. The number of quaternary nitrogens is 1. The molecule has 8 heterocycles. The van der Waals surface area contributed by atoms with Gasteiger partial charge in [-0.05, 0) is 0 Å². The molecule has 3 aromatic rings. The molecular formula is C20H22N10O12P2S2. The number of ether oxygens (including phenoxy) is 2. The summed E-state index contributed by atoms with van der Waals surface area (Å²) in [5.41, 5.74) is 7.67. The minimum atomic E-state index is -4.53. The van der Waals surface area contributed by atoms with Gasteiger partial charge in [-0.25, -0.2) is 9.55 Å². The van der Waals surface area contributed by atoms with Crippen molar-refractivity contribution in [2.24, 2.45) is 4.99 Å². The molecule has 8 N–H and O–H groups in total. The molecule has 5 aliphatic rings. The molecule has 4 saturated heterocycles. The van der Waals surface area contributed by atoms with E-state index in [-0.39, 0.29) is 34.6 Å². The Labute approximate surface area is 264 Å². The summed E-state index contributed by atoms with van der Waals surface area (Å²) in [6, 6.07) is 0. The van der Waals surface area contributed by atoms with E-state index in [2.05, 4.69) is 42.2 Å². The fraction of sp³-hybridized carbons (Fsp3) is 0.500. The second kappa shape index (κ2) is 9.93. The van der Waals surface area contributed by atoms with E-state index < -0.39 is 91.0 Å². The van der Waals surface area contributed by atoms with Crippen LogP contribution in [-0.4, -0.2) is 102 Å². The average molecular weight is 721 g/mol. The molecule has 8 rings (SSSR count). The van der Waals surface area contributed by atoms with Crippen molar-refractivity contribution in [3.05, 3.63) is 27.0 Å². The number of aliphatic imine (C=N–C) groups is 1. The smallest absolute Gasteiger partial charge is 0.386 e. The molecule has 246 valence electrons. The van der Waals surface area contributed by atoms with Gasteiger partial charge < -0.3 is 45.1 Å². The highest BCUT2D eigenvalue weighted by Crippen LogP contribution is 2.66. The van der Waals surface area contributed by atoms with E-state index in [4.69, 9.17) is 50.8 Å². The molecule has 0 bridgehead atoms. The fourth-order valence-corrected chi connectivity index (χ4v) is 9.17. The van der Waals surface area contributed by atoms with Crippen molar-refractivity contribution >= 4 is 78.5 Å². The van der Waals surface area contributed by atoms with Gasteiger partial charge in [0.15, 0.2) is 23.5 Å². The summed E-state index contributed by atoms with van der Waals surface area (Å²) in [5.74, 6) is -0.549. The Kier molecular flexibility index (Phi) is 6.62. The number of H-pyrrole nitrogens is 2. The second-order valence-corrected chi connectivity index (χ2v) is 16.5. The number of aromatic amines is 2. The van der Waals surface area contributed by atoms with Crippen LogP contribution in [0.4, 0.5) is 23.4 Å². The molecule has 5 aliphatic heterocycles. The normalized spacial score (nSPS) is 43.1. The number of aliphatic hydroxyl groups excluding tert-OH is 1. The number of fused-ring (bicyclic) bond motifs is 9. The van der Waals surface area contributed by atoms with Gasteiger partial charge in [-0.2, -0.15) is 19.4 Å². The number of anilines is 2. The van der Waals surface area contributed by atoms with Gasteiger partial charge in [0.25, 0.3) is 23.2 Å². The Bertz CT molecular complexity index is 2060. The number of hydrogen-bond acceptors (Lipinski definition) is 19. The summed E-state index contributed by atoms with van der Waals surface area (Å²) in [7, 11) is 0. The lowest BCUT2D eigenvalue weighted by molar-refractivity contribution is -0.222. The van der Waals surface area contributed by atoms with Crippen LogP contribution in [0.3, 0.4) is 0 Å². The predicted molar refractivity (Wildman–Crippen MR) is 158 cm³/mol. The van der Waals surface area contributed by atoms with Gasteiger partial charge in [0.2, 0.25) is 23.9 Å². The Hall–Kier alpha value is -2.67. The van der Waals surface area contributed by atoms with E-state index in [0.717, 1.165) is 6.33 Å². The van der Waals surface area contributed by atoms with Crippen LogP contribution in [-0.2, 0) is 43.9 Å². The maximum atomic E-state index is 13.6. The summed E-state index contributed by atoms with van der Waals surface area (Å²) in [6.45, 7) is -10.2. The molecular weight excluding hydrogens is 698 g/mol. The van der Waals surface area contributed by atoms with Crippen LogP contribution in [0.1, 0.15) is 6.23 Å². The zero-order chi connectivity index (χ0) is 32.6. The maximum Gasteiger partial charge on any atom is 0.386 e. The van der Waals surface area contributed by atoms with Crippen molar-refractivity contribution in [1.29, 1.82) is 0 Å². The van der Waals surface area contributed by atoms with Crippen molar-refractivity contribution in [1.82, 2.24) is 34.0 Å². The molecule has 3 aromatic heterocycles. The average Bonchev–Trinajstić information content (AvgIpc) is 3.48. The number of nitrogens with two attached hydrogens (primary N) is 2. The number of imidazole rings is 1. The Morgan fingerprint density at radius 3 is 2.63 bits per heavy atom. The van der Waals surface area contributed by atoms with Crippen molar-refractivity contribution < 1.29 is 47.2 Å². The van der Waals surface area contributed by atoms with Crippen LogP contribution < -0.4 is 32.0 Å². The molecule has 46 heavy (non-hydrogen) atoms. The monoisotopic (exact) mass is 720 g/mol. The van der Waals surface area contributed by atoms with E-state index in [0.29, 0.717) is 0 Å². The highest BCUT2D eigenvalue weighted by Gasteiger charge is 2.93. The summed E-state index contributed by atoms with van der Waals surface area (Å²) in [6.07, 6.45) is -7.53. The maximum absolute atomic E-state index is 13.6. The highest BCUT2D eigenvalue weighted by molar-refractivity contribution is 8.44. The van der Waals surface area contributed by atoms with E-state index in [1.165, 1.54) is 10.9 Å². The third kappa shape index (κ3) is 4.28. The highest BCUT2D eigenvalue weighted by atomic mass is 32.7. The van der Waals surface area contributed by atoms with Crippen LogP contribution in [0.15, 0.2) is 20.9 Å². The lowest BCUT2D eigenvalue weighted by Gasteiger charge is -2.36. The summed E-state index contributed by atoms with van der Waals surface area (Å²) in [5, 5.41) is 23.1. The van der Waals surface area contributed by atoms with Gasteiger partial charge in [-0.15, -0.1) is 0 Å². The number of thiol groups is 1. The minimum absolute atomic E-state index is 0.0503. The molecule has 22 nitrogen and oxygen atoms in total. The first-order valence-corrected chi connectivity index (χ1v) is 18.5. The molecule has 0 aromatic carbocycles. The number of aromatic nitrogens is 6. The fourth-order valence-electron chi connectivity index (χ4n) is 6.25. The van der Waals surface area contributed by atoms with E-state index >= 15 is 0 Å². The molecule has 0 amide bonds. The molecule has 26 heteroatoms. The van der Waals surface area contributed by atoms with Crippen molar-refractivity contribution in [3.63, 3.8) is 0 Å². The van der Waals surface area contributed by atoms with Gasteiger partial charge >= 0.3 is 12.5 Å². The molecule has 11 atom stereocenters. The van der Waals surface area contributed by atoms with Gasteiger partial charge in [-0.1, -0.05) is 24.1 Å². The van der Waals surface area contributed by atoms with Crippen LogP contribution >= 0.6 is 25.8 Å².